The van der Waals surface area contributed by atoms with Crippen LogP contribution in [0.4, 0.5) is 32.2 Å². The summed E-state index contributed by atoms with van der Waals surface area (Å²) >= 11 is 0. The Morgan fingerprint density at radius 3 is 2.50 bits per heavy atom. The Kier molecular flexibility index (Phi) is 5.47. The predicted octanol–water partition coefficient (Wildman–Crippen LogP) is 5.74. The van der Waals surface area contributed by atoms with E-state index in [1.165, 1.54) is 11.0 Å². The van der Waals surface area contributed by atoms with Crippen molar-refractivity contribution in [1.82, 2.24) is 4.98 Å². The maximum atomic E-state index is 13.6. The molecule has 0 spiro atoms. The van der Waals surface area contributed by atoms with E-state index >= 15 is 0 Å². The molecule has 1 saturated carbocycles. The summed E-state index contributed by atoms with van der Waals surface area (Å²) in [4.78, 5) is 4.98. The van der Waals surface area contributed by atoms with Gasteiger partial charge >= 0.3 is 12.4 Å². The molecule has 3 atom stereocenters. The van der Waals surface area contributed by atoms with Gasteiger partial charge in [-0.05, 0) is 55.9 Å². The molecular weight excluding hydrogens is 436 g/mol. The molecule has 32 heavy (non-hydrogen) atoms. The normalized spacial score (nSPS) is 22.8. The molecule has 2 aromatic rings. The fourth-order valence-corrected chi connectivity index (χ4v) is 4.72. The van der Waals surface area contributed by atoms with Crippen molar-refractivity contribution >= 4 is 5.82 Å². The highest BCUT2D eigenvalue weighted by Crippen LogP contribution is 2.48. The lowest BCUT2D eigenvalue weighted by Gasteiger charge is -2.37. The Morgan fingerprint density at radius 1 is 1.12 bits per heavy atom. The number of piperidine rings is 1. The van der Waals surface area contributed by atoms with Crippen LogP contribution in [0.5, 0.6) is 5.75 Å². The number of fused-ring (bicyclic) bond motifs is 2. The lowest BCUT2D eigenvalue weighted by molar-refractivity contribution is -0.145. The summed E-state index contributed by atoms with van der Waals surface area (Å²) in [7, 11) is 0. The molecule has 1 aromatic carbocycles. The first-order chi connectivity index (χ1) is 15.0. The second kappa shape index (κ2) is 7.87. The van der Waals surface area contributed by atoms with Crippen LogP contribution in [0, 0.1) is 24.2 Å². The number of aryl methyl sites for hydroxylation is 1. The van der Waals surface area contributed by atoms with Crippen LogP contribution in [0.3, 0.4) is 0 Å². The minimum Gasteiger partial charge on any atom is -0.491 e. The standard InChI is InChI=1S/C22H19F6N3O/c1-12-3-2-4-15(7-12)32-11-18-13-5-6-14(8-13)31(18)20-16(10-29)17(21(23,24)25)9-19(30-20)22(26,27)28/h2-4,7,9,13-14,18H,5-6,8,11H2,1H3/t13-,14+,18+/m0/s1. The molecule has 0 N–H and O–H groups in total. The molecule has 2 aliphatic rings. The third-order valence-corrected chi connectivity index (χ3v) is 6.10. The maximum absolute atomic E-state index is 13.6. The van der Waals surface area contributed by atoms with Crippen molar-refractivity contribution in [3.8, 4) is 11.8 Å². The summed E-state index contributed by atoms with van der Waals surface area (Å²) in [5.41, 5.74) is -3.23. The van der Waals surface area contributed by atoms with E-state index in [0.717, 1.165) is 12.0 Å². The predicted molar refractivity (Wildman–Crippen MR) is 103 cm³/mol. The van der Waals surface area contributed by atoms with Gasteiger partial charge in [0.2, 0.25) is 0 Å². The number of aromatic nitrogens is 1. The lowest BCUT2D eigenvalue weighted by atomic mass is 9.98. The molecule has 1 aliphatic heterocycles. The van der Waals surface area contributed by atoms with E-state index in [-0.39, 0.29) is 24.6 Å². The van der Waals surface area contributed by atoms with Crippen LogP contribution < -0.4 is 9.64 Å². The van der Waals surface area contributed by atoms with Gasteiger partial charge in [-0.2, -0.15) is 31.6 Å². The van der Waals surface area contributed by atoms with Gasteiger partial charge < -0.3 is 9.64 Å². The van der Waals surface area contributed by atoms with E-state index in [2.05, 4.69) is 4.98 Å². The molecule has 170 valence electrons. The Balaban J connectivity index is 1.76. The Hall–Kier alpha value is -2.96. The molecule has 4 rings (SSSR count). The van der Waals surface area contributed by atoms with Gasteiger partial charge in [0.1, 0.15) is 35.5 Å². The monoisotopic (exact) mass is 455 g/mol. The summed E-state index contributed by atoms with van der Waals surface area (Å²) in [5, 5.41) is 9.48. The summed E-state index contributed by atoms with van der Waals surface area (Å²) in [6.07, 6.45) is -8.22. The molecule has 1 aromatic heterocycles. The number of ether oxygens (including phenoxy) is 1. The van der Waals surface area contributed by atoms with Gasteiger partial charge in [0.05, 0.1) is 11.6 Å². The molecule has 10 heteroatoms. The van der Waals surface area contributed by atoms with Gasteiger partial charge in [-0.1, -0.05) is 12.1 Å². The maximum Gasteiger partial charge on any atom is 0.433 e. The van der Waals surface area contributed by atoms with Crippen LogP contribution in [-0.2, 0) is 12.4 Å². The number of pyridine rings is 1. The number of benzene rings is 1. The first-order valence-corrected chi connectivity index (χ1v) is 10.1. The zero-order valence-electron chi connectivity index (χ0n) is 17.0. The van der Waals surface area contributed by atoms with E-state index in [4.69, 9.17) is 4.74 Å². The number of halogens is 6. The third-order valence-electron chi connectivity index (χ3n) is 6.10. The molecule has 4 nitrogen and oxygen atoms in total. The molecule has 0 unspecified atom stereocenters. The first-order valence-electron chi connectivity index (χ1n) is 10.1. The summed E-state index contributed by atoms with van der Waals surface area (Å²) < 4.78 is 86.8. The minimum absolute atomic E-state index is 0.0297. The Bertz CT molecular complexity index is 1060. The number of rotatable bonds is 4. The number of hydrogen-bond donors (Lipinski definition) is 0. The van der Waals surface area contributed by atoms with Crippen molar-refractivity contribution in [2.75, 3.05) is 11.5 Å². The number of alkyl halides is 6. The van der Waals surface area contributed by atoms with Crippen LogP contribution in [-0.4, -0.2) is 23.7 Å². The van der Waals surface area contributed by atoms with E-state index in [1.807, 2.05) is 13.0 Å². The summed E-state index contributed by atoms with van der Waals surface area (Å²) in [5.74, 6) is 0.0166. The molecule has 2 bridgehead atoms. The van der Waals surface area contributed by atoms with E-state index < -0.39 is 41.0 Å². The van der Waals surface area contributed by atoms with Crippen LogP contribution in [0.1, 0.15) is 41.6 Å². The highest BCUT2D eigenvalue weighted by Gasteiger charge is 2.50. The highest BCUT2D eigenvalue weighted by atomic mass is 19.4. The van der Waals surface area contributed by atoms with Gasteiger partial charge in [0.15, 0.2) is 0 Å². The van der Waals surface area contributed by atoms with Gasteiger partial charge in [-0.25, -0.2) is 4.98 Å². The van der Waals surface area contributed by atoms with Gasteiger partial charge in [0.25, 0.3) is 0 Å². The minimum atomic E-state index is -5.13. The lowest BCUT2D eigenvalue weighted by Crippen LogP contribution is -2.45. The van der Waals surface area contributed by atoms with E-state index in [9.17, 15) is 31.6 Å². The molecule has 0 radical (unpaired) electrons. The Morgan fingerprint density at radius 2 is 1.88 bits per heavy atom. The number of nitrogens with zero attached hydrogens (tertiary/aromatic N) is 3. The number of anilines is 1. The zero-order chi connectivity index (χ0) is 23.3. The number of nitriles is 1. The molecule has 2 heterocycles. The zero-order valence-corrected chi connectivity index (χ0v) is 17.0. The second-order valence-corrected chi connectivity index (χ2v) is 8.19. The second-order valence-electron chi connectivity index (χ2n) is 8.19. The van der Waals surface area contributed by atoms with Crippen molar-refractivity contribution in [1.29, 1.82) is 5.26 Å². The van der Waals surface area contributed by atoms with Crippen molar-refractivity contribution in [2.24, 2.45) is 5.92 Å². The average molecular weight is 455 g/mol. The quantitative estimate of drug-likeness (QED) is 0.552. The molecule has 2 fully saturated rings. The summed E-state index contributed by atoms with van der Waals surface area (Å²) in [6, 6.07) is 7.78. The molecule has 1 aliphatic carbocycles. The van der Waals surface area contributed by atoms with Crippen LogP contribution in [0.2, 0.25) is 0 Å². The fraction of sp³-hybridized carbons (Fsp3) is 0.455. The first kappa shape index (κ1) is 22.2. The van der Waals surface area contributed by atoms with Crippen molar-refractivity contribution in [2.45, 2.75) is 50.6 Å². The fourth-order valence-electron chi connectivity index (χ4n) is 4.72. The smallest absolute Gasteiger partial charge is 0.433 e. The molecule has 0 amide bonds. The van der Waals surface area contributed by atoms with Crippen LogP contribution in [0.25, 0.3) is 0 Å². The SMILES string of the molecule is Cc1cccc(OC[C@@H]2[C@H]3CC[C@H](C3)N2c2nc(C(F)(F)F)cc(C(F)(F)F)c2C#N)c1. The third kappa shape index (κ3) is 4.08. The average Bonchev–Trinajstić information content (AvgIpc) is 3.31. The van der Waals surface area contributed by atoms with E-state index in [1.54, 1.807) is 18.2 Å². The van der Waals surface area contributed by atoms with Gasteiger partial charge in [0, 0.05) is 6.04 Å². The van der Waals surface area contributed by atoms with Gasteiger partial charge in [-0.15, -0.1) is 0 Å². The van der Waals surface area contributed by atoms with Crippen LogP contribution in [0.15, 0.2) is 30.3 Å². The van der Waals surface area contributed by atoms with Crippen LogP contribution >= 0.6 is 0 Å². The van der Waals surface area contributed by atoms with Crippen molar-refractivity contribution in [3.05, 3.63) is 52.7 Å². The van der Waals surface area contributed by atoms with Crippen molar-refractivity contribution < 1.29 is 31.1 Å². The largest absolute Gasteiger partial charge is 0.491 e. The molecular formula is C22H19F6N3O. The van der Waals surface area contributed by atoms with Crippen molar-refractivity contribution in [3.63, 3.8) is 0 Å². The Labute approximate surface area is 180 Å². The topological polar surface area (TPSA) is 49.1 Å². The summed E-state index contributed by atoms with van der Waals surface area (Å²) in [6.45, 7) is 1.94. The molecule has 1 saturated heterocycles. The number of hydrogen-bond acceptors (Lipinski definition) is 4. The highest BCUT2D eigenvalue weighted by molar-refractivity contribution is 5.62. The van der Waals surface area contributed by atoms with Gasteiger partial charge in [-0.3, -0.25) is 0 Å². The van der Waals surface area contributed by atoms with E-state index in [0.29, 0.717) is 18.6 Å².